The van der Waals surface area contributed by atoms with E-state index in [1.54, 1.807) is 11.0 Å². The van der Waals surface area contributed by atoms with Crippen molar-refractivity contribution in [1.29, 1.82) is 0 Å². The summed E-state index contributed by atoms with van der Waals surface area (Å²) in [7, 11) is 0. The van der Waals surface area contributed by atoms with Crippen LogP contribution in [0.5, 0.6) is 0 Å². The first-order valence-electron chi connectivity index (χ1n) is 7.03. The fraction of sp³-hybridized carbons (Fsp3) is 0.467. The molecule has 1 aromatic carbocycles. The van der Waals surface area contributed by atoms with Crippen molar-refractivity contribution in [3.05, 3.63) is 35.9 Å². The fourth-order valence-electron chi connectivity index (χ4n) is 2.76. The van der Waals surface area contributed by atoms with E-state index in [-0.39, 0.29) is 0 Å². The number of anilines is 1. The summed E-state index contributed by atoms with van der Waals surface area (Å²) in [6, 6.07) is 6.34. The highest BCUT2D eigenvalue weighted by molar-refractivity contribution is 7.99. The lowest BCUT2D eigenvalue weighted by Gasteiger charge is -2.36. The lowest BCUT2D eigenvalue weighted by Crippen LogP contribution is -2.35. The second-order valence-corrected chi connectivity index (χ2v) is 7.64. The summed E-state index contributed by atoms with van der Waals surface area (Å²) in [6.07, 6.45) is 4.35. The van der Waals surface area contributed by atoms with Crippen LogP contribution in [0.25, 0.3) is 5.69 Å². The lowest BCUT2D eigenvalue weighted by molar-refractivity contribution is 0.358. The Morgan fingerprint density at radius 3 is 3.00 bits per heavy atom. The molecule has 3 rings (SSSR count). The number of rotatable bonds is 3. The molecule has 1 aliphatic heterocycles. The monoisotopic (exact) mass is 322 g/mol. The summed E-state index contributed by atoms with van der Waals surface area (Å²) in [5.74, 6) is 2.34. The zero-order chi connectivity index (χ0) is 14.9. The number of para-hydroxylation sites is 1. The van der Waals surface area contributed by atoms with Gasteiger partial charge >= 0.3 is 0 Å². The van der Waals surface area contributed by atoms with Crippen molar-refractivity contribution < 1.29 is 0 Å². The molecule has 0 amide bonds. The van der Waals surface area contributed by atoms with E-state index in [1.807, 2.05) is 23.9 Å². The number of hydrogen-bond donors (Lipinski definition) is 1. The molecule has 0 radical (unpaired) electrons. The van der Waals surface area contributed by atoms with Gasteiger partial charge in [-0.2, -0.15) is 16.9 Å². The van der Waals surface area contributed by atoms with E-state index >= 15 is 0 Å². The Hall–Kier alpha value is -1.20. The molecule has 0 bridgehead atoms. The van der Waals surface area contributed by atoms with Crippen molar-refractivity contribution >= 4 is 29.1 Å². The fourth-order valence-corrected chi connectivity index (χ4v) is 4.30. The predicted octanol–water partition coefficient (Wildman–Crippen LogP) is 3.86. The first kappa shape index (κ1) is 14.7. The van der Waals surface area contributed by atoms with Gasteiger partial charge in [-0.05, 0) is 29.7 Å². The number of nitrogens with zero attached hydrogens (tertiary/aromatic N) is 3. The number of hydrogen-bond acceptors (Lipinski definition) is 4. The molecule has 0 saturated carbocycles. The van der Waals surface area contributed by atoms with Gasteiger partial charge in [-0.15, -0.1) is 0 Å². The molecule has 2 heterocycles. The summed E-state index contributed by atoms with van der Waals surface area (Å²) in [4.78, 5) is 4.01. The van der Waals surface area contributed by atoms with Gasteiger partial charge in [0.2, 0.25) is 0 Å². The highest BCUT2D eigenvalue weighted by Crippen LogP contribution is 2.36. The Morgan fingerprint density at radius 2 is 2.29 bits per heavy atom. The number of nitrogens with one attached hydrogen (secondary N) is 1. The topological polar surface area (TPSA) is 42.7 Å². The minimum atomic E-state index is 0.368. The van der Waals surface area contributed by atoms with Crippen molar-refractivity contribution in [2.45, 2.75) is 26.3 Å². The summed E-state index contributed by atoms with van der Waals surface area (Å²) in [5, 5.41) is 8.52. The van der Waals surface area contributed by atoms with Gasteiger partial charge in [-0.1, -0.05) is 31.5 Å². The second-order valence-electron chi connectivity index (χ2n) is 6.20. The van der Waals surface area contributed by atoms with Gasteiger partial charge < -0.3 is 5.32 Å². The Bertz CT molecular complexity index is 612. The average molecular weight is 323 g/mol. The van der Waals surface area contributed by atoms with Crippen molar-refractivity contribution in [1.82, 2.24) is 14.8 Å². The number of thioether (sulfide) groups is 1. The first-order chi connectivity index (χ1) is 10.1. The van der Waals surface area contributed by atoms with Gasteiger partial charge in [0.15, 0.2) is 0 Å². The van der Waals surface area contributed by atoms with E-state index in [0.717, 1.165) is 23.5 Å². The van der Waals surface area contributed by atoms with Crippen LogP contribution in [0.4, 0.5) is 5.69 Å². The highest BCUT2D eigenvalue weighted by atomic mass is 35.5. The molecule has 0 aliphatic carbocycles. The molecule has 1 fully saturated rings. The normalized spacial score (nSPS) is 21.2. The molecule has 21 heavy (non-hydrogen) atoms. The van der Waals surface area contributed by atoms with E-state index < -0.39 is 0 Å². The Balaban J connectivity index is 1.87. The smallest absolute Gasteiger partial charge is 0.138 e. The van der Waals surface area contributed by atoms with Crippen LogP contribution < -0.4 is 5.32 Å². The largest absolute Gasteiger partial charge is 0.380 e. The van der Waals surface area contributed by atoms with Gasteiger partial charge in [0.05, 0.1) is 10.7 Å². The van der Waals surface area contributed by atoms with Crippen LogP contribution >= 0.6 is 23.4 Å². The van der Waals surface area contributed by atoms with Gasteiger partial charge in [0, 0.05) is 11.8 Å². The molecular formula is C15H19ClN4S. The van der Waals surface area contributed by atoms with E-state index in [9.17, 15) is 0 Å². The zero-order valence-electron chi connectivity index (χ0n) is 12.2. The van der Waals surface area contributed by atoms with Crippen molar-refractivity contribution in [2.24, 2.45) is 5.41 Å². The zero-order valence-corrected chi connectivity index (χ0v) is 13.8. The molecule has 1 aliphatic rings. The Kier molecular flexibility index (Phi) is 4.13. The maximum Gasteiger partial charge on any atom is 0.138 e. The summed E-state index contributed by atoms with van der Waals surface area (Å²) >= 11 is 8.37. The minimum Gasteiger partial charge on any atom is -0.380 e. The van der Waals surface area contributed by atoms with Gasteiger partial charge in [0.25, 0.3) is 0 Å². The second kappa shape index (κ2) is 5.89. The first-order valence-corrected chi connectivity index (χ1v) is 8.56. The Labute approximate surface area is 134 Å². The quantitative estimate of drug-likeness (QED) is 0.931. The molecule has 1 N–H and O–H groups in total. The number of benzene rings is 1. The summed E-state index contributed by atoms with van der Waals surface area (Å²) in [5.41, 5.74) is 2.24. The molecule has 1 aromatic heterocycles. The van der Waals surface area contributed by atoms with Gasteiger partial charge in [0.1, 0.15) is 18.3 Å². The molecule has 0 spiro atoms. The summed E-state index contributed by atoms with van der Waals surface area (Å²) < 4.78 is 1.71. The third-order valence-electron chi connectivity index (χ3n) is 3.61. The number of halogens is 1. The highest BCUT2D eigenvalue weighted by Gasteiger charge is 2.29. The summed E-state index contributed by atoms with van der Waals surface area (Å²) in [6.45, 7) is 4.65. The van der Waals surface area contributed by atoms with Crippen molar-refractivity contribution in [2.75, 3.05) is 16.8 Å². The molecule has 112 valence electrons. The van der Waals surface area contributed by atoms with Crippen molar-refractivity contribution in [3.8, 4) is 5.69 Å². The number of aromatic nitrogens is 3. The van der Waals surface area contributed by atoms with Gasteiger partial charge in [-0.3, -0.25) is 0 Å². The SMILES string of the molecule is CC1(C)CSCC(Nc2cccc(Cl)c2-n2cncn2)C1. The van der Waals surface area contributed by atoms with Crippen LogP contribution in [0, 0.1) is 5.41 Å². The predicted molar refractivity (Wildman–Crippen MR) is 89.5 cm³/mol. The maximum absolute atomic E-state index is 6.36. The van der Waals surface area contributed by atoms with Gasteiger partial charge in [-0.25, -0.2) is 9.67 Å². The molecule has 1 unspecified atom stereocenters. The lowest BCUT2D eigenvalue weighted by atomic mass is 9.87. The van der Waals surface area contributed by atoms with Crippen LogP contribution in [-0.2, 0) is 0 Å². The standard InChI is InChI=1S/C15H19ClN4S/c1-15(2)6-11(7-21-8-15)19-13-5-3-4-12(16)14(13)20-10-17-9-18-20/h3-5,9-11,19H,6-8H2,1-2H3. The van der Waals surface area contributed by atoms with E-state index in [2.05, 4.69) is 35.3 Å². The third kappa shape index (κ3) is 3.35. The van der Waals surface area contributed by atoms with Crippen LogP contribution in [0.1, 0.15) is 20.3 Å². The maximum atomic E-state index is 6.36. The van der Waals surface area contributed by atoms with Crippen LogP contribution in [0.2, 0.25) is 5.02 Å². The Morgan fingerprint density at radius 1 is 1.43 bits per heavy atom. The molecule has 2 aromatic rings. The van der Waals surface area contributed by atoms with Crippen LogP contribution in [-0.4, -0.2) is 32.3 Å². The molecule has 4 nitrogen and oxygen atoms in total. The molecular weight excluding hydrogens is 304 g/mol. The average Bonchev–Trinajstić information content (AvgIpc) is 2.91. The van der Waals surface area contributed by atoms with E-state index in [1.165, 1.54) is 12.1 Å². The van der Waals surface area contributed by atoms with E-state index in [0.29, 0.717) is 16.5 Å². The molecule has 1 atom stereocenters. The van der Waals surface area contributed by atoms with Crippen LogP contribution in [0.15, 0.2) is 30.9 Å². The third-order valence-corrected chi connectivity index (χ3v) is 5.53. The van der Waals surface area contributed by atoms with Crippen LogP contribution in [0.3, 0.4) is 0 Å². The minimum absolute atomic E-state index is 0.368. The van der Waals surface area contributed by atoms with E-state index in [4.69, 9.17) is 11.6 Å². The van der Waals surface area contributed by atoms with Crippen molar-refractivity contribution in [3.63, 3.8) is 0 Å². The molecule has 1 saturated heterocycles. The molecule has 6 heteroatoms.